The van der Waals surface area contributed by atoms with Gasteiger partial charge in [-0.15, -0.1) is 0 Å². The van der Waals surface area contributed by atoms with Crippen LogP contribution in [0, 0.1) is 0 Å². The zero-order valence-corrected chi connectivity index (χ0v) is 10.7. The summed E-state index contributed by atoms with van der Waals surface area (Å²) in [7, 11) is 0. The van der Waals surface area contributed by atoms with Crippen molar-refractivity contribution in [3.05, 3.63) is 78.6 Å². The van der Waals surface area contributed by atoms with E-state index in [1.807, 2.05) is 12.3 Å². The second kappa shape index (κ2) is 5.12. The standard InChI is InChI=1S/C17H16N2/c18-12-14-9-10-19(13-14)17-8-4-7-16(11-17)15-5-2-1-3-6-15/h1-11,13H,12,18H2. The molecule has 3 aromatic rings. The summed E-state index contributed by atoms with van der Waals surface area (Å²) in [5.74, 6) is 0. The molecule has 2 aromatic carbocycles. The third-order valence-corrected chi connectivity index (χ3v) is 3.24. The second-order valence-corrected chi connectivity index (χ2v) is 4.55. The van der Waals surface area contributed by atoms with Gasteiger partial charge in [0.1, 0.15) is 0 Å². The summed E-state index contributed by atoms with van der Waals surface area (Å²) in [6.45, 7) is 0.575. The molecule has 1 aromatic heterocycles. The van der Waals surface area contributed by atoms with Gasteiger partial charge in [0, 0.05) is 24.6 Å². The highest BCUT2D eigenvalue weighted by atomic mass is 14.9. The van der Waals surface area contributed by atoms with Crippen LogP contribution in [0.15, 0.2) is 73.1 Å². The minimum Gasteiger partial charge on any atom is -0.326 e. The van der Waals surface area contributed by atoms with Gasteiger partial charge in [-0.1, -0.05) is 42.5 Å². The normalized spacial score (nSPS) is 10.6. The highest BCUT2D eigenvalue weighted by molar-refractivity contribution is 5.65. The van der Waals surface area contributed by atoms with Crippen molar-refractivity contribution in [3.63, 3.8) is 0 Å². The van der Waals surface area contributed by atoms with Crippen LogP contribution in [-0.2, 0) is 6.54 Å². The molecule has 2 heteroatoms. The van der Waals surface area contributed by atoms with E-state index in [2.05, 4.69) is 65.4 Å². The Morgan fingerprint density at radius 2 is 1.63 bits per heavy atom. The van der Waals surface area contributed by atoms with Crippen molar-refractivity contribution in [2.75, 3.05) is 0 Å². The Labute approximate surface area is 113 Å². The van der Waals surface area contributed by atoms with Gasteiger partial charge in [0.25, 0.3) is 0 Å². The molecule has 0 unspecified atom stereocenters. The molecule has 2 nitrogen and oxygen atoms in total. The van der Waals surface area contributed by atoms with Gasteiger partial charge in [0.05, 0.1) is 0 Å². The predicted octanol–water partition coefficient (Wildman–Crippen LogP) is 3.60. The van der Waals surface area contributed by atoms with Crippen molar-refractivity contribution < 1.29 is 0 Å². The highest BCUT2D eigenvalue weighted by Gasteiger charge is 2.01. The largest absolute Gasteiger partial charge is 0.326 e. The Morgan fingerprint density at radius 3 is 2.37 bits per heavy atom. The molecule has 0 aliphatic rings. The molecule has 0 fully saturated rings. The molecule has 0 radical (unpaired) electrons. The first kappa shape index (κ1) is 11.8. The van der Waals surface area contributed by atoms with Crippen molar-refractivity contribution in [3.8, 4) is 16.8 Å². The first-order chi connectivity index (χ1) is 9.36. The zero-order valence-electron chi connectivity index (χ0n) is 10.7. The Hall–Kier alpha value is -2.32. The fraction of sp³-hybridized carbons (Fsp3) is 0.0588. The minimum atomic E-state index is 0.575. The molecule has 19 heavy (non-hydrogen) atoms. The quantitative estimate of drug-likeness (QED) is 0.754. The summed E-state index contributed by atoms with van der Waals surface area (Å²) in [6, 6.07) is 21.0. The van der Waals surface area contributed by atoms with Crippen LogP contribution >= 0.6 is 0 Å². The number of hydrogen-bond donors (Lipinski definition) is 1. The van der Waals surface area contributed by atoms with E-state index in [4.69, 9.17) is 5.73 Å². The smallest absolute Gasteiger partial charge is 0.0455 e. The van der Waals surface area contributed by atoms with Gasteiger partial charge >= 0.3 is 0 Å². The van der Waals surface area contributed by atoms with Crippen LogP contribution in [0.2, 0.25) is 0 Å². The van der Waals surface area contributed by atoms with Crippen LogP contribution in [-0.4, -0.2) is 4.57 Å². The van der Waals surface area contributed by atoms with Gasteiger partial charge < -0.3 is 10.3 Å². The van der Waals surface area contributed by atoms with E-state index >= 15 is 0 Å². The molecule has 94 valence electrons. The summed E-state index contributed by atoms with van der Waals surface area (Å²) in [6.07, 6.45) is 4.12. The van der Waals surface area contributed by atoms with Crippen molar-refractivity contribution >= 4 is 0 Å². The van der Waals surface area contributed by atoms with E-state index < -0.39 is 0 Å². The van der Waals surface area contributed by atoms with Crippen molar-refractivity contribution in [2.24, 2.45) is 5.73 Å². The molecule has 3 rings (SSSR count). The van der Waals surface area contributed by atoms with Crippen LogP contribution in [0.25, 0.3) is 16.8 Å². The summed E-state index contributed by atoms with van der Waals surface area (Å²) >= 11 is 0. The van der Waals surface area contributed by atoms with Crippen molar-refractivity contribution in [2.45, 2.75) is 6.54 Å². The molecule has 0 amide bonds. The third kappa shape index (κ3) is 2.44. The average molecular weight is 248 g/mol. The number of rotatable bonds is 3. The lowest BCUT2D eigenvalue weighted by atomic mass is 10.1. The maximum Gasteiger partial charge on any atom is 0.0455 e. The highest BCUT2D eigenvalue weighted by Crippen LogP contribution is 2.22. The van der Waals surface area contributed by atoms with Crippen molar-refractivity contribution in [1.29, 1.82) is 0 Å². The Balaban J connectivity index is 2.00. The molecule has 0 aliphatic heterocycles. The first-order valence-electron chi connectivity index (χ1n) is 6.39. The lowest BCUT2D eigenvalue weighted by Gasteiger charge is -2.06. The molecule has 0 atom stereocenters. The number of nitrogens with zero attached hydrogens (tertiary/aromatic N) is 1. The van der Waals surface area contributed by atoms with Crippen LogP contribution < -0.4 is 5.73 Å². The monoisotopic (exact) mass is 248 g/mol. The number of benzene rings is 2. The summed E-state index contributed by atoms with van der Waals surface area (Å²) < 4.78 is 2.11. The fourth-order valence-electron chi connectivity index (χ4n) is 2.20. The lowest BCUT2D eigenvalue weighted by molar-refractivity contribution is 1.03. The molecular formula is C17H16N2. The van der Waals surface area contributed by atoms with Crippen LogP contribution in [0.4, 0.5) is 0 Å². The zero-order chi connectivity index (χ0) is 13.1. The van der Waals surface area contributed by atoms with Crippen molar-refractivity contribution in [1.82, 2.24) is 4.57 Å². The Bertz CT molecular complexity index is 668. The topological polar surface area (TPSA) is 30.9 Å². The van der Waals surface area contributed by atoms with Gasteiger partial charge in [-0.2, -0.15) is 0 Å². The van der Waals surface area contributed by atoms with E-state index in [9.17, 15) is 0 Å². The summed E-state index contributed by atoms with van der Waals surface area (Å²) in [4.78, 5) is 0. The second-order valence-electron chi connectivity index (χ2n) is 4.55. The number of nitrogens with two attached hydrogens (primary N) is 1. The molecule has 2 N–H and O–H groups in total. The summed E-state index contributed by atoms with van der Waals surface area (Å²) in [5, 5.41) is 0. The average Bonchev–Trinajstić information content (AvgIpc) is 2.97. The van der Waals surface area contributed by atoms with Gasteiger partial charge in [-0.25, -0.2) is 0 Å². The summed E-state index contributed by atoms with van der Waals surface area (Å²) in [5.41, 5.74) is 10.4. The van der Waals surface area contributed by atoms with Gasteiger partial charge in [0.2, 0.25) is 0 Å². The van der Waals surface area contributed by atoms with Crippen LogP contribution in [0.3, 0.4) is 0 Å². The van der Waals surface area contributed by atoms with Gasteiger partial charge in [0.15, 0.2) is 0 Å². The molecule has 0 saturated heterocycles. The van der Waals surface area contributed by atoms with E-state index in [1.165, 1.54) is 11.1 Å². The van der Waals surface area contributed by atoms with Crippen LogP contribution in [0.5, 0.6) is 0 Å². The molecule has 1 heterocycles. The maximum absolute atomic E-state index is 5.65. The number of aromatic nitrogens is 1. The van der Waals surface area contributed by atoms with E-state index in [1.54, 1.807) is 0 Å². The molecule has 0 spiro atoms. The molecule has 0 saturated carbocycles. The number of hydrogen-bond acceptors (Lipinski definition) is 1. The first-order valence-corrected chi connectivity index (χ1v) is 6.39. The van der Waals surface area contributed by atoms with E-state index in [-0.39, 0.29) is 0 Å². The van der Waals surface area contributed by atoms with Gasteiger partial charge in [-0.3, -0.25) is 0 Å². The molecular weight excluding hydrogens is 232 g/mol. The molecule has 0 aliphatic carbocycles. The third-order valence-electron chi connectivity index (χ3n) is 3.24. The fourth-order valence-corrected chi connectivity index (χ4v) is 2.20. The molecule has 0 bridgehead atoms. The Kier molecular flexibility index (Phi) is 3.17. The lowest BCUT2D eigenvalue weighted by Crippen LogP contribution is -1.94. The predicted molar refractivity (Wildman–Crippen MR) is 79.1 cm³/mol. The van der Waals surface area contributed by atoms with E-state index in [0.717, 1.165) is 11.3 Å². The van der Waals surface area contributed by atoms with Crippen LogP contribution in [0.1, 0.15) is 5.56 Å². The Morgan fingerprint density at radius 1 is 0.842 bits per heavy atom. The van der Waals surface area contributed by atoms with E-state index in [0.29, 0.717) is 6.54 Å². The maximum atomic E-state index is 5.65. The minimum absolute atomic E-state index is 0.575. The SMILES string of the molecule is NCc1ccn(-c2cccc(-c3ccccc3)c2)c1. The van der Waals surface area contributed by atoms with Gasteiger partial charge in [-0.05, 0) is 34.9 Å².